The van der Waals surface area contributed by atoms with Gasteiger partial charge in [-0.15, -0.1) is 0 Å². The highest BCUT2D eigenvalue weighted by Gasteiger charge is 2.37. The van der Waals surface area contributed by atoms with E-state index in [-0.39, 0.29) is 36.5 Å². The number of ether oxygens (including phenoxy) is 1. The lowest BCUT2D eigenvalue weighted by Gasteiger charge is -2.34. The summed E-state index contributed by atoms with van der Waals surface area (Å²) >= 11 is 0. The maximum Gasteiger partial charge on any atom is 0.416 e. The summed E-state index contributed by atoms with van der Waals surface area (Å²) in [5, 5.41) is 8.98. The van der Waals surface area contributed by atoms with Crippen molar-refractivity contribution in [3.8, 4) is 0 Å². The van der Waals surface area contributed by atoms with Gasteiger partial charge in [0.2, 0.25) is 0 Å². The normalized spacial score (nSPS) is 17.6. The number of carbonyl (C=O) groups is 2. The molecule has 0 saturated carbocycles. The van der Waals surface area contributed by atoms with Gasteiger partial charge in [-0.25, -0.2) is 9.78 Å². The van der Waals surface area contributed by atoms with Crippen molar-refractivity contribution >= 4 is 11.9 Å². The Hall–Kier alpha value is -2.94. The van der Waals surface area contributed by atoms with Crippen molar-refractivity contribution < 1.29 is 32.6 Å². The van der Waals surface area contributed by atoms with Crippen LogP contribution in [0.5, 0.6) is 0 Å². The van der Waals surface area contributed by atoms with Gasteiger partial charge in [0.05, 0.1) is 18.7 Å². The van der Waals surface area contributed by atoms with Crippen LogP contribution >= 0.6 is 0 Å². The van der Waals surface area contributed by atoms with Gasteiger partial charge < -0.3 is 14.7 Å². The molecule has 1 fully saturated rings. The van der Waals surface area contributed by atoms with Crippen LogP contribution in [0.1, 0.15) is 38.1 Å². The Morgan fingerprint density at radius 3 is 2.67 bits per heavy atom. The molecular formula is C18H15F3N2O4. The summed E-state index contributed by atoms with van der Waals surface area (Å²) in [7, 11) is 0. The molecule has 0 aliphatic carbocycles. The van der Waals surface area contributed by atoms with Gasteiger partial charge >= 0.3 is 12.1 Å². The van der Waals surface area contributed by atoms with Gasteiger partial charge in [0.15, 0.2) is 0 Å². The number of rotatable bonds is 3. The molecule has 1 unspecified atom stereocenters. The first-order valence-electron chi connectivity index (χ1n) is 8.03. The number of hydrogen-bond donors (Lipinski definition) is 1. The zero-order chi connectivity index (χ0) is 19.6. The highest BCUT2D eigenvalue weighted by molar-refractivity contribution is 5.96. The highest BCUT2D eigenvalue weighted by Crippen LogP contribution is 2.36. The van der Waals surface area contributed by atoms with Crippen LogP contribution in [0.15, 0.2) is 42.6 Å². The fourth-order valence-electron chi connectivity index (χ4n) is 2.92. The highest BCUT2D eigenvalue weighted by atomic mass is 19.4. The second-order valence-corrected chi connectivity index (χ2v) is 5.93. The summed E-state index contributed by atoms with van der Waals surface area (Å²) in [5.41, 5.74) is -1.02. The van der Waals surface area contributed by atoms with Crippen LogP contribution in [-0.2, 0) is 10.9 Å². The van der Waals surface area contributed by atoms with E-state index in [0.717, 1.165) is 12.1 Å². The van der Waals surface area contributed by atoms with E-state index in [4.69, 9.17) is 9.84 Å². The van der Waals surface area contributed by atoms with E-state index in [1.54, 1.807) is 0 Å². The molecule has 2 aromatic rings. The molecule has 1 aromatic carbocycles. The number of morpholine rings is 1. The predicted molar refractivity (Wildman–Crippen MR) is 87.2 cm³/mol. The molecule has 1 N–H and O–H groups in total. The van der Waals surface area contributed by atoms with Gasteiger partial charge in [0.1, 0.15) is 11.8 Å². The van der Waals surface area contributed by atoms with Crippen molar-refractivity contribution in [1.82, 2.24) is 9.88 Å². The Balaban J connectivity index is 1.84. The summed E-state index contributed by atoms with van der Waals surface area (Å²) in [6.07, 6.45) is -4.26. The van der Waals surface area contributed by atoms with Crippen molar-refractivity contribution in [3.05, 3.63) is 65.0 Å². The third kappa shape index (κ3) is 4.08. The molecule has 27 heavy (non-hydrogen) atoms. The lowest BCUT2D eigenvalue weighted by Crippen LogP contribution is -2.42. The number of hydrogen-bond acceptors (Lipinski definition) is 4. The van der Waals surface area contributed by atoms with Crippen molar-refractivity contribution in [2.45, 2.75) is 12.3 Å². The summed E-state index contributed by atoms with van der Waals surface area (Å²) in [6.45, 7) is 0.185. The van der Waals surface area contributed by atoms with Gasteiger partial charge in [-0.2, -0.15) is 13.2 Å². The monoisotopic (exact) mass is 380 g/mol. The predicted octanol–water partition coefficient (Wildman–Crippen LogP) is 3.01. The average Bonchev–Trinajstić information content (AvgIpc) is 2.67. The smallest absolute Gasteiger partial charge is 0.416 e. The van der Waals surface area contributed by atoms with Crippen LogP contribution in [0.2, 0.25) is 0 Å². The Morgan fingerprint density at radius 2 is 1.96 bits per heavy atom. The topological polar surface area (TPSA) is 79.7 Å². The minimum absolute atomic E-state index is 0.0385. The van der Waals surface area contributed by atoms with Crippen molar-refractivity contribution in [1.29, 1.82) is 0 Å². The minimum atomic E-state index is -4.53. The van der Waals surface area contributed by atoms with E-state index >= 15 is 0 Å². The van der Waals surface area contributed by atoms with Crippen LogP contribution in [-0.4, -0.2) is 46.6 Å². The molecule has 0 spiro atoms. The number of pyridine rings is 1. The number of carbonyl (C=O) groups excluding carboxylic acids is 1. The van der Waals surface area contributed by atoms with Gasteiger partial charge in [0.25, 0.3) is 5.91 Å². The number of carboxylic acid groups (broad SMARTS) is 1. The first kappa shape index (κ1) is 18.8. The third-order valence-electron chi connectivity index (χ3n) is 4.19. The fraction of sp³-hybridized carbons (Fsp3) is 0.278. The minimum Gasteiger partial charge on any atom is -0.477 e. The summed E-state index contributed by atoms with van der Waals surface area (Å²) in [5.74, 6) is -1.76. The van der Waals surface area contributed by atoms with Crippen LogP contribution < -0.4 is 0 Å². The van der Waals surface area contributed by atoms with E-state index in [9.17, 15) is 22.8 Å². The van der Waals surface area contributed by atoms with E-state index < -0.39 is 29.7 Å². The van der Waals surface area contributed by atoms with Crippen LogP contribution in [0.4, 0.5) is 13.2 Å². The van der Waals surface area contributed by atoms with E-state index in [1.165, 1.54) is 35.4 Å². The number of benzene rings is 1. The van der Waals surface area contributed by atoms with E-state index in [1.807, 2.05) is 0 Å². The maximum absolute atomic E-state index is 13.2. The lowest BCUT2D eigenvalue weighted by molar-refractivity contribution is -0.140. The van der Waals surface area contributed by atoms with E-state index in [2.05, 4.69) is 4.98 Å². The number of amides is 1. The Bertz CT molecular complexity index is 870. The molecule has 9 heteroatoms. The van der Waals surface area contributed by atoms with Crippen molar-refractivity contribution in [2.24, 2.45) is 0 Å². The molecule has 1 aliphatic heterocycles. The van der Waals surface area contributed by atoms with Crippen LogP contribution in [0, 0.1) is 0 Å². The van der Waals surface area contributed by atoms with Crippen LogP contribution in [0.3, 0.4) is 0 Å². The standard InChI is InChI=1S/C18H15F3N2O4/c19-18(20,21)13-4-2-1-3-12(13)15-10-23(7-8-27-15)16(24)11-5-6-22-14(9-11)17(25)26/h1-6,9,15H,7-8,10H2,(H,25,26). The number of aromatic nitrogens is 1. The molecule has 1 atom stereocenters. The van der Waals surface area contributed by atoms with E-state index in [0.29, 0.717) is 0 Å². The number of nitrogens with zero attached hydrogens (tertiary/aromatic N) is 2. The molecule has 1 aromatic heterocycles. The molecule has 6 nitrogen and oxygen atoms in total. The Morgan fingerprint density at radius 1 is 1.22 bits per heavy atom. The fourth-order valence-corrected chi connectivity index (χ4v) is 2.92. The molecule has 3 rings (SSSR count). The molecule has 1 amide bonds. The quantitative estimate of drug-likeness (QED) is 0.886. The first-order valence-corrected chi connectivity index (χ1v) is 8.03. The number of carboxylic acids is 1. The lowest BCUT2D eigenvalue weighted by atomic mass is 10.00. The average molecular weight is 380 g/mol. The molecule has 1 saturated heterocycles. The Kier molecular flexibility index (Phi) is 5.13. The van der Waals surface area contributed by atoms with Crippen molar-refractivity contribution in [3.63, 3.8) is 0 Å². The summed E-state index contributed by atoms with van der Waals surface area (Å²) in [6, 6.07) is 7.58. The maximum atomic E-state index is 13.2. The number of alkyl halides is 3. The largest absolute Gasteiger partial charge is 0.477 e. The van der Waals surface area contributed by atoms with Crippen molar-refractivity contribution in [2.75, 3.05) is 19.7 Å². The third-order valence-corrected chi connectivity index (χ3v) is 4.19. The molecular weight excluding hydrogens is 365 g/mol. The Labute approximate surface area is 152 Å². The second-order valence-electron chi connectivity index (χ2n) is 5.93. The van der Waals surface area contributed by atoms with Crippen LogP contribution in [0.25, 0.3) is 0 Å². The summed E-state index contributed by atoms with van der Waals surface area (Å²) < 4.78 is 45.2. The first-order chi connectivity index (χ1) is 12.8. The molecule has 0 bridgehead atoms. The summed E-state index contributed by atoms with van der Waals surface area (Å²) in [4.78, 5) is 28.7. The van der Waals surface area contributed by atoms with Gasteiger partial charge in [-0.3, -0.25) is 4.79 Å². The SMILES string of the molecule is O=C(O)c1cc(C(=O)N2CCOC(c3ccccc3C(F)(F)F)C2)ccn1. The second kappa shape index (κ2) is 7.36. The number of aromatic carboxylic acids is 1. The van der Waals surface area contributed by atoms with Gasteiger partial charge in [-0.1, -0.05) is 18.2 Å². The van der Waals surface area contributed by atoms with Gasteiger partial charge in [-0.05, 0) is 23.8 Å². The molecule has 2 heterocycles. The zero-order valence-electron chi connectivity index (χ0n) is 13.9. The zero-order valence-corrected chi connectivity index (χ0v) is 13.9. The number of halogens is 3. The molecule has 142 valence electrons. The van der Waals surface area contributed by atoms with Gasteiger partial charge in [0, 0.05) is 18.3 Å². The molecule has 1 aliphatic rings. The molecule has 0 radical (unpaired) electrons.